The average Bonchev–Trinajstić information content (AvgIpc) is 2.53. The average molecular weight is 322 g/mol. The highest BCUT2D eigenvalue weighted by Crippen LogP contribution is 2.15. The van der Waals surface area contributed by atoms with E-state index in [1.165, 1.54) is 42.6 Å². The van der Waals surface area contributed by atoms with E-state index in [4.69, 9.17) is 4.84 Å². The van der Waals surface area contributed by atoms with Crippen LogP contribution in [0.15, 0.2) is 53.7 Å². The zero-order chi connectivity index (χ0) is 16.7. The molecule has 2 aromatic carbocycles. The van der Waals surface area contributed by atoms with E-state index in [-0.39, 0.29) is 18.0 Å². The Bertz CT molecular complexity index is 690. The number of halogens is 2. The Balaban J connectivity index is 1.87. The lowest BCUT2D eigenvalue weighted by molar-refractivity contribution is -0.384. The first-order valence-corrected chi connectivity index (χ1v) is 6.48. The third-order valence-corrected chi connectivity index (χ3v) is 2.73. The molecule has 0 fully saturated rings. The van der Waals surface area contributed by atoms with Crippen molar-refractivity contribution in [2.75, 3.05) is 0 Å². The summed E-state index contributed by atoms with van der Waals surface area (Å²) in [5.74, 6) is 0.0506. The molecule has 0 bridgehead atoms. The summed E-state index contributed by atoms with van der Waals surface area (Å²) in [5.41, 5.74) is 1.22. The molecule has 120 valence electrons. The lowest BCUT2D eigenvalue weighted by atomic mass is 10.2. The van der Waals surface area contributed by atoms with Crippen LogP contribution in [0.1, 0.15) is 11.1 Å². The number of nitro benzene ring substituents is 1. The Morgan fingerprint density at radius 1 is 1.22 bits per heavy atom. The topological polar surface area (TPSA) is 74.0 Å². The van der Waals surface area contributed by atoms with Crippen LogP contribution in [-0.2, 0) is 11.4 Å². The summed E-state index contributed by atoms with van der Waals surface area (Å²) < 4.78 is 28.2. The number of hydrogen-bond donors (Lipinski definition) is 0. The highest BCUT2D eigenvalue weighted by Gasteiger charge is 2.05. The van der Waals surface area contributed by atoms with E-state index in [1.807, 2.05) is 0 Å². The van der Waals surface area contributed by atoms with E-state index in [1.54, 1.807) is 12.1 Å². The number of hydrogen-bond acceptors (Lipinski definition) is 5. The molecule has 0 heterocycles. The van der Waals surface area contributed by atoms with E-state index < -0.39 is 11.5 Å². The summed E-state index contributed by atoms with van der Waals surface area (Å²) in [7, 11) is 0. The molecule has 0 aliphatic heterocycles. The molecule has 23 heavy (non-hydrogen) atoms. The zero-order valence-corrected chi connectivity index (χ0v) is 11.8. The van der Waals surface area contributed by atoms with Crippen LogP contribution in [0.2, 0.25) is 0 Å². The molecule has 0 N–H and O–H groups in total. The van der Waals surface area contributed by atoms with Crippen LogP contribution in [0.25, 0.3) is 0 Å². The highest BCUT2D eigenvalue weighted by molar-refractivity contribution is 5.79. The van der Waals surface area contributed by atoms with Crippen LogP contribution in [0.3, 0.4) is 0 Å². The maximum Gasteiger partial charge on any atom is 0.387 e. The van der Waals surface area contributed by atoms with Crippen molar-refractivity contribution < 1.29 is 23.3 Å². The Labute approximate surface area is 130 Å². The van der Waals surface area contributed by atoms with Crippen LogP contribution >= 0.6 is 0 Å². The fourth-order valence-corrected chi connectivity index (χ4v) is 1.71. The van der Waals surface area contributed by atoms with Crippen molar-refractivity contribution in [2.24, 2.45) is 5.16 Å². The van der Waals surface area contributed by atoms with Gasteiger partial charge in [-0.05, 0) is 35.4 Å². The van der Waals surface area contributed by atoms with Gasteiger partial charge >= 0.3 is 6.61 Å². The highest BCUT2D eigenvalue weighted by atomic mass is 19.3. The van der Waals surface area contributed by atoms with Gasteiger partial charge in [0.05, 0.1) is 11.1 Å². The van der Waals surface area contributed by atoms with Gasteiger partial charge in [-0.15, -0.1) is 0 Å². The Kier molecular flexibility index (Phi) is 5.56. The minimum atomic E-state index is -2.87. The van der Waals surface area contributed by atoms with Gasteiger partial charge in [0, 0.05) is 12.1 Å². The quantitative estimate of drug-likeness (QED) is 0.442. The largest absolute Gasteiger partial charge is 0.435 e. The first kappa shape index (κ1) is 16.3. The van der Waals surface area contributed by atoms with E-state index >= 15 is 0 Å². The first-order chi connectivity index (χ1) is 11.0. The van der Waals surface area contributed by atoms with E-state index in [9.17, 15) is 18.9 Å². The molecule has 0 atom stereocenters. The number of nitrogens with zero attached hydrogens (tertiary/aromatic N) is 2. The van der Waals surface area contributed by atoms with Crippen molar-refractivity contribution >= 4 is 11.9 Å². The van der Waals surface area contributed by atoms with E-state index in [0.717, 1.165) is 0 Å². The second kappa shape index (κ2) is 7.83. The van der Waals surface area contributed by atoms with Crippen molar-refractivity contribution in [1.82, 2.24) is 0 Å². The summed E-state index contributed by atoms with van der Waals surface area (Å²) in [4.78, 5) is 15.2. The van der Waals surface area contributed by atoms with Crippen LogP contribution in [0.4, 0.5) is 14.5 Å². The molecule has 2 aromatic rings. The van der Waals surface area contributed by atoms with E-state index in [2.05, 4.69) is 9.89 Å². The van der Waals surface area contributed by atoms with Crippen molar-refractivity contribution in [1.29, 1.82) is 0 Å². The Morgan fingerprint density at radius 3 is 2.61 bits per heavy atom. The van der Waals surface area contributed by atoms with Gasteiger partial charge in [0.1, 0.15) is 12.4 Å². The molecule has 0 aliphatic carbocycles. The Hall–Kier alpha value is -3.03. The molecule has 2 rings (SSSR count). The van der Waals surface area contributed by atoms with Gasteiger partial charge in [0.15, 0.2) is 0 Å². The second-order valence-electron chi connectivity index (χ2n) is 4.38. The summed E-state index contributed by atoms with van der Waals surface area (Å²) in [6.07, 6.45) is 1.39. The minimum absolute atomic E-state index is 0.0234. The van der Waals surface area contributed by atoms with Crippen LogP contribution in [0, 0.1) is 10.1 Å². The van der Waals surface area contributed by atoms with Gasteiger partial charge in [-0.25, -0.2) is 0 Å². The Morgan fingerprint density at radius 2 is 1.96 bits per heavy atom. The number of rotatable bonds is 7. The van der Waals surface area contributed by atoms with Gasteiger partial charge in [-0.3, -0.25) is 10.1 Å². The van der Waals surface area contributed by atoms with Gasteiger partial charge < -0.3 is 9.57 Å². The summed E-state index contributed by atoms with van der Waals surface area (Å²) in [6.45, 7) is -2.79. The maximum absolute atomic E-state index is 12.0. The molecule has 0 saturated heterocycles. The molecular formula is C15H12F2N2O4. The fraction of sp³-hybridized carbons (Fsp3) is 0.133. The molecule has 8 heteroatoms. The maximum atomic E-state index is 12.0. The lowest BCUT2D eigenvalue weighted by Crippen LogP contribution is -2.01. The summed E-state index contributed by atoms with van der Waals surface area (Å²) >= 11 is 0. The number of benzene rings is 2. The van der Waals surface area contributed by atoms with Crippen molar-refractivity contribution in [3.63, 3.8) is 0 Å². The first-order valence-electron chi connectivity index (χ1n) is 6.48. The smallest absolute Gasteiger partial charge is 0.387 e. The molecule has 0 aliphatic rings. The lowest BCUT2D eigenvalue weighted by Gasteiger charge is -2.03. The molecule has 6 nitrogen and oxygen atoms in total. The summed E-state index contributed by atoms with van der Waals surface area (Å²) in [6, 6.07) is 11.9. The number of non-ortho nitro benzene ring substituents is 1. The molecular weight excluding hydrogens is 310 g/mol. The predicted molar refractivity (Wildman–Crippen MR) is 78.6 cm³/mol. The van der Waals surface area contributed by atoms with Crippen molar-refractivity contribution in [3.05, 3.63) is 69.8 Å². The molecule has 0 spiro atoms. The zero-order valence-electron chi connectivity index (χ0n) is 11.8. The van der Waals surface area contributed by atoms with Crippen LogP contribution in [0.5, 0.6) is 5.75 Å². The van der Waals surface area contributed by atoms with Gasteiger partial charge in [0.2, 0.25) is 0 Å². The van der Waals surface area contributed by atoms with E-state index in [0.29, 0.717) is 11.1 Å². The molecule has 0 aromatic heterocycles. The fourth-order valence-electron chi connectivity index (χ4n) is 1.71. The van der Waals surface area contributed by atoms with Crippen molar-refractivity contribution in [2.45, 2.75) is 13.2 Å². The van der Waals surface area contributed by atoms with Gasteiger partial charge in [-0.1, -0.05) is 17.3 Å². The molecule has 0 amide bonds. The monoisotopic (exact) mass is 322 g/mol. The third-order valence-electron chi connectivity index (χ3n) is 2.73. The van der Waals surface area contributed by atoms with Crippen LogP contribution < -0.4 is 4.74 Å². The standard InChI is InChI=1S/C15H12F2N2O4/c16-15(17)23-14-6-4-11(5-7-14)9-18-22-10-12-2-1-3-13(8-12)19(20)21/h1-9,15H,10H2/b18-9-. The normalized spacial score (nSPS) is 10.9. The molecule has 0 saturated carbocycles. The SMILES string of the molecule is O=[N+]([O-])c1cccc(CO/N=C\c2ccc(OC(F)F)cc2)c1. The van der Waals surface area contributed by atoms with Crippen LogP contribution in [-0.4, -0.2) is 17.7 Å². The minimum Gasteiger partial charge on any atom is -0.435 e. The molecule has 0 unspecified atom stereocenters. The predicted octanol–water partition coefficient (Wildman–Crippen LogP) is 3.75. The second-order valence-corrected chi connectivity index (χ2v) is 4.38. The number of oxime groups is 1. The molecule has 0 radical (unpaired) electrons. The number of nitro groups is 1. The van der Waals surface area contributed by atoms with Crippen molar-refractivity contribution in [3.8, 4) is 5.75 Å². The summed E-state index contributed by atoms with van der Waals surface area (Å²) in [5, 5.41) is 14.4. The third kappa shape index (κ3) is 5.34. The van der Waals surface area contributed by atoms with Gasteiger partial charge in [0.25, 0.3) is 5.69 Å². The number of ether oxygens (including phenoxy) is 1. The van der Waals surface area contributed by atoms with Gasteiger partial charge in [-0.2, -0.15) is 8.78 Å². The number of alkyl halides is 2.